The van der Waals surface area contributed by atoms with Gasteiger partial charge in [-0.2, -0.15) is 0 Å². The summed E-state index contributed by atoms with van der Waals surface area (Å²) < 4.78 is 5.10. The standard InChI is InChI=1S/C12H18N2O5S/c1-12(2,3)19-11(18)13-6-4-8-14(9(6)15)7(5-20-8)10(16)17/h6-8H,4-5H2,1-3H3,(H,13,18)(H,16,17)/t6-,7+,8-/m1/s1. The Morgan fingerprint density at radius 1 is 1.45 bits per heavy atom. The van der Waals surface area contributed by atoms with Gasteiger partial charge in [0.2, 0.25) is 5.91 Å². The van der Waals surface area contributed by atoms with Crippen LogP contribution < -0.4 is 5.32 Å². The molecule has 0 aliphatic carbocycles. The van der Waals surface area contributed by atoms with Crippen LogP contribution in [0.25, 0.3) is 0 Å². The average molecular weight is 302 g/mol. The highest BCUT2D eigenvalue weighted by molar-refractivity contribution is 8.00. The number of ether oxygens (including phenoxy) is 1. The summed E-state index contributed by atoms with van der Waals surface area (Å²) in [6.07, 6.45) is -0.249. The van der Waals surface area contributed by atoms with Crippen molar-refractivity contribution < 1.29 is 24.2 Å². The van der Waals surface area contributed by atoms with E-state index in [0.717, 1.165) is 0 Å². The van der Waals surface area contributed by atoms with E-state index < -0.39 is 29.7 Å². The highest BCUT2D eigenvalue weighted by Crippen LogP contribution is 2.37. The van der Waals surface area contributed by atoms with E-state index in [2.05, 4.69) is 5.32 Å². The van der Waals surface area contributed by atoms with E-state index in [9.17, 15) is 14.4 Å². The first-order valence-electron chi connectivity index (χ1n) is 6.35. The lowest BCUT2D eigenvalue weighted by atomic mass is 10.2. The van der Waals surface area contributed by atoms with Gasteiger partial charge >= 0.3 is 12.1 Å². The molecule has 20 heavy (non-hydrogen) atoms. The highest BCUT2D eigenvalue weighted by Gasteiger charge is 2.50. The van der Waals surface area contributed by atoms with Crippen molar-refractivity contribution in [3.8, 4) is 0 Å². The molecule has 2 saturated heterocycles. The number of carbonyl (C=O) groups excluding carboxylic acids is 2. The maximum Gasteiger partial charge on any atom is 0.408 e. The van der Waals surface area contributed by atoms with Gasteiger partial charge in [0, 0.05) is 12.2 Å². The second-order valence-electron chi connectivity index (χ2n) is 5.82. The number of amides is 2. The Hall–Kier alpha value is -1.44. The van der Waals surface area contributed by atoms with Crippen LogP contribution in [0.4, 0.5) is 4.79 Å². The number of nitrogens with one attached hydrogen (secondary N) is 1. The third-order valence-electron chi connectivity index (χ3n) is 3.06. The fourth-order valence-electron chi connectivity index (χ4n) is 2.28. The zero-order chi connectivity index (χ0) is 15.1. The van der Waals surface area contributed by atoms with Crippen LogP contribution in [0.1, 0.15) is 27.2 Å². The van der Waals surface area contributed by atoms with Crippen LogP contribution in [0, 0.1) is 0 Å². The number of carbonyl (C=O) groups is 3. The molecule has 0 unspecified atom stereocenters. The summed E-state index contributed by atoms with van der Waals surface area (Å²) in [5, 5.41) is 11.4. The van der Waals surface area contributed by atoms with Gasteiger partial charge in [-0.1, -0.05) is 0 Å². The molecular formula is C12H18N2O5S. The lowest BCUT2D eigenvalue weighted by Gasteiger charge is -2.22. The predicted octanol–water partition coefficient (Wildman–Crippen LogP) is 0.638. The molecule has 3 atom stereocenters. The molecule has 0 aromatic heterocycles. The summed E-state index contributed by atoms with van der Waals surface area (Å²) in [7, 11) is 0. The number of aliphatic carboxylic acids is 1. The lowest BCUT2D eigenvalue weighted by Crippen LogP contribution is -2.47. The van der Waals surface area contributed by atoms with Gasteiger partial charge in [-0.25, -0.2) is 9.59 Å². The number of fused-ring (bicyclic) bond motifs is 1. The van der Waals surface area contributed by atoms with Crippen molar-refractivity contribution in [3.63, 3.8) is 0 Å². The molecule has 2 aliphatic heterocycles. The minimum Gasteiger partial charge on any atom is -0.480 e. The van der Waals surface area contributed by atoms with Gasteiger partial charge in [0.1, 0.15) is 17.7 Å². The Kier molecular flexibility index (Phi) is 3.86. The minimum atomic E-state index is -1.01. The molecule has 0 aromatic rings. The largest absolute Gasteiger partial charge is 0.480 e. The number of carboxylic acids is 1. The SMILES string of the molecule is CC(C)(C)OC(=O)N[C@@H]1C[C@H]2SC[C@@H](C(=O)O)N2C1=O. The molecule has 8 heteroatoms. The normalized spacial score (nSPS) is 29.2. The molecule has 2 aliphatic rings. The zero-order valence-electron chi connectivity index (χ0n) is 11.6. The fourth-order valence-corrected chi connectivity index (χ4v) is 3.73. The number of rotatable bonds is 2. The van der Waals surface area contributed by atoms with Gasteiger partial charge in [-0.15, -0.1) is 11.8 Å². The van der Waals surface area contributed by atoms with E-state index in [0.29, 0.717) is 12.2 Å². The summed E-state index contributed by atoms with van der Waals surface area (Å²) in [5.41, 5.74) is -0.639. The maximum absolute atomic E-state index is 12.2. The molecule has 0 radical (unpaired) electrons. The van der Waals surface area contributed by atoms with Crippen LogP contribution in [-0.2, 0) is 14.3 Å². The van der Waals surface area contributed by atoms with Crippen LogP contribution in [0.2, 0.25) is 0 Å². The minimum absolute atomic E-state index is 0.177. The summed E-state index contributed by atoms with van der Waals surface area (Å²) in [6.45, 7) is 5.20. The van der Waals surface area contributed by atoms with Gasteiger partial charge in [-0.05, 0) is 20.8 Å². The summed E-state index contributed by atoms with van der Waals surface area (Å²) in [5.74, 6) is -0.963. The van der Waals surface area contributed by atoms with Crippen LogP contribution in [0.5, 0.6) is 0 Å². The van der Waals surface area contributed by atoms with E-state index in [1.54, 1.807) is 20.8 Å². The molecule has 2 fully saturated rings. The van der Waals surface area contributed by atoms with Gasteiger partial charge in [0.05, 0.1) is 5.37 Å². The quantitative estimate of drug-likeness (QED) is 0.777. The fraction of sp³-hybridized carbons (Fsp3) is 0.750. The lowest BCUT2D eigenvalue weighted by molar-refractivity contribution is -0.147. The average Bonchev–Trinajstić information content (AvgIpc) is 2.78. The maximum atomic E-state index is 12.2. The predicted molar refractivity (Wildman–Crippen MR) is 72.3 cm³/mol. The number of alkyl carbamates (subject to hydrolysis) is 1. The van der Waals surface area contributed by atoms with E-state index in [1.165, 1.54) is 16.7 Å². The Morgan fingerprint density at radius 3 is 2.65 bits per heavy atom. The van der Waals surface area contributed by atoms with Crippen molar-refractivity contribution in [2.75, 3.05) is 5.75 Å². The number of carboxylic acid groups (broad SMARTS) is 1. The molecule has 2 amide bonds. The van der Waals surface area contributed by atoms with E-state index in [-0.39, 0.29) is 11.3 Å². The molecule has 0 aromatic carbocycles. The summed E-state index contributed by atoms with van der Waals surface area (Å²) >= 11 is 1.43. The van der Waals surface area contributed by atoms with Crippen molar-refractivity contribution >= 4 is 29.7 Å². The molecular weight excluding hydrogens is 284 g/mol. The molecule has 0 bridgehead atoms. The summed E-state index contributed by atoms with van der Waals surface area (Å²) in [6, 6.07) is -1.51. The molecule has 2 heterocycles. The molecule has 0 saturated carbocycles. The summed E-state index contributed by atoms with van der Waals surface area (Å²) in [4.78, 5) is 36.3. The molecule has 0 spiro atoms. The first kappa shape index (κ1) is 15.0. The van der Waals surface area contributed by atoms with Crippen LogP contribution in [0.3, 0.4) is 0 Å². The second-order valence-corrected chi connectivity index (χ2v) is 7.03. The van der Waals surface area contributed by atoms with Gasteiger partial charge in [0.15, 0.2) is 0 Å². The molecule has 2 rings (SSSR count). The van der Waals surface area contributed by atoms with Gasteiger partial charge in [-0.3, -0.25) is 4.79 Å². The van der Waals surface area contributed by atoms with Crippen molar-refractivity contribution in [2.24, 2.45) is 0 Å². The van der Waals surface area contributed by atoms with Crippen molar-refractivity contribution in [1.29, 1.82) is 0 Å². The van der Waals surface area contributed by atoms with Crippen LogP contribution in [-0.4, -0.2) is 56.8 Å². The monoisotopic (exact) mass is 302 g/mol. The number of thioether (sulfide) groups is 1. The molecule has 2 N–H and O–H groups in total. The number of hydrogen-bond acceptors (Lipinski definition) is 5. The Labute approximate surface area is 121 Å². The Bertz CT molecular complexity index is 448. The van der Waals surface area contributed by atoms with Gasteiger partial charge in [0.25, 0.3) is 0 Å². The van der Waals surface area contributed by atoms with Crippen LogP contribution >= 0.6 is 11.8 Å². The zero-order valence-corrected chi connectivity index (χ0v) is 12.4. The van der Waals surface area contributed by atoms with E-state index in [1.807, 2.05) is 0 Å². The third-order valence-corrected chi connectivity index (χ3v) is 4.37. The Morgan fingerprint density at radius 2 is 2.10 bits per heavy atom. The molecule has 112 valence electrons. The molecule has 7 nitrogen and oxygen atoms in total. The third kappa shape index (κ3) is 3.00. The van der Waals surface area contributed by atoms with Crippen molar-refractivity contribution in [2.45, 2.75) is 50.3 Å². The first-order valence-corrected chi connectivity index (χ1v) is 7.40. The van der Waals surface area contributed by atoms with E-state index in [4.69, 9.17) is 9.84 Å². The highest BCUT2D eigenvalue weighted by atomic mass is 32.2. The smallest absolute Gasteiger partial charge is 0.408 e. The second kappa shape index (κ2) is 5.16. The van der Waals surface area contributed by atoms with Crippen LogP contribution in [0.15, 0.2) is 0 Å². The number of hydrogen-bond donors (Lipinski definition) is 2. The van der Waals surface area contributed by atoms with E-state index >= 15 is 0 Å². The van der Waals surface area contributed by atoms with Crippen molar-refractivity contribution in [1.82, 2.24) is 10.2 Å². The van der Waals surface area contributed by atoms with Crippen molar-refractivity contribution in [3.05, 3.63) is 0 Å². The van der Waals surface area contributed by atoms with Gasteiger partial charge < -0.3 is 20.1 Å². The first-order chi connectivity index (χ1) is 9.19. The number of nitrogens with zero attached hydrogens (tertiary/aromatic N) is 1. The Balaban J connectivity index is 1.98. The topological polar surface area (TPSA) is 95.9 Å².